The third-order valence-electron chi connectivity index (χ3n) is 7.80. The Morgan fingerprint density at radius 1 is 0.755 bits per heavy atom. The lowest BCUT2D eigenvalue weighted by molar-refractivity contribution is -0.374. The largest absolute Gasteiger partial charge is 0.497 e. The molecule has 0 bridgehead atoms. The highest BCUT2D eigenvalue weighted by atomic mass is 16.8. The summed E-state index contributed by atoms with van der Waals surface area (Å²) in [6.07, 6.45) is -11.5. The van der Waals surface area contributed by atoms with Crippen molar-refractivity contribution in [2.75, 3.05) is 27.4 Å². The van der Waals surface area contributed by atoms with Crippen LogP contribution in [0.2, 0.25) is 0 Å². The third-order valence-corrected chi connectivity index (χ3v) is 7.80. The highest BCUT2D eigenvalue weighted by molar-refractivity contribution is 5.73. The van der Waals surface area contributed by atoms with Gasteiger partial charge in [0.05, 0.1) is 13.7 Å². The van der Waals surface area contributed by atoms with Crippen molar-refractivity contribution >= 4 is 29.8 Å². The molecule has 1 amide bonds. The molecule has 0 aromatic heterocycles. The number of hydrogen-bond donors (Lipinski definition) is 1. The molecule has 3 fully saturated rings. The first-order valence-corrected chi connectivity index (χ1v) is 15.6. The van der Waals surface area contributed by atoms with E-state index in [-0.39, 0.29) is 6.61 Å². The second-order valence-electron chi connectivity index (χ2n) is 11.6. The minimum absolute atomic E-state index is 0.0522. The highest BCUT2D eigenvalue weighted by Crippen LogP contribution is 2.36. The van der Waals surface area contributed by atoms with E-state index < -0.39 is 104 Å². The number of fused-ring (bicyclic) bond motifs is 1. The molecular weight excluding hydrogens is 654 g/mol. The SMILES string of the molecule is COc1ccc(CC2OCC3OC(OC)C(NC(C)=O)C(OC4OC(COC(C)=O)C(OC(C)=O)C(OC(C)=O)C4OC(C)=O)C3O2)cc1. The number of esters is 4. The zero-order valence-corrected chi connectivity index (χ0v) is 28.3. The summed E-state index contributed by atoms with van der Waals surface area (Å²) < 4.78 is 63.8. The second kappa shape index (κ2) is 17.2. The van der Waals surface area contributed by atoms with E-state index in [0.29, 0.717) is 12.2 Å². The fraction of sp³-hybridized carbons (Fsp3) is 0.656. The van der Waals surface area contributed by atoms with E-state index in [4.69, 9.17) is 52.1 Å². The maximum Gasteiger partial charge on any atom is 0.303 e. The first-order chi connectivity index (χ1) is 23.3. The molecule has 0 spiro atoms. The first-order valence-electron chi connectivity index (χ1n) is 15.6. The van der Waals surface area contributed by atoms with Gasteiger partial charge in [0.1, 0.15) is 42.8 Å². The van der Waals surface area contributed by atoms with E-state index in [2.05, 4.69) is 5.32 Å². The van der Waals surface area contributed by atoms with Gasteiger partial charge in [-0.25, -0.2) is 0 Å². The van der Waals surface area contributed by atoms with Gasteiger partial charge in [0.2, 0.25) is 5.91 Å². The van der Waals surface area contributed by atoms with Gasteiger partial charge in [-0.15, -0.1) is 0 Å². The molecule has 0 aliphatic carbocycles. The molecule has 11 unspecified atom stereocenters. The van der Waals surface area contributed by atoms with Crippen LogP contribution in [0.1, 0.15) is 40.2 Å². The summed E-state index contributed by atoms with van der Waals surface area (Å²) in [5, 5.41) is 2.78. The lowest BCUT2D eigenvalue weighted by Crippen LogP contribution is -2.70. The van der Waals surface area contributed by atoms with Crippen molar-refractivity contribution in [3.63, 3.8) is 0 Å². The summed E-state index contributed by atoms with van der Waals surface area (Å²) in [6, 6.07) is 6.31. The fourth-order valence-corrected chi connectivity index (χ4v) is 5.88. The van der Waals surface area contributed by atoms with Crippen molar-refractivity contribution < 1.29 is 76.1 Å². The number of rotatable bonds is 12. The normalized spacial score (nSPS) is 32.5. The number of benzene rings is 1. The molecule has 0 radical (unpaired) electrons. The highest BCUT2D eigenvalue weighted by Gasteiger charge is 2.57. The van der Waals surface area contributed by atoms with E-state index >= 15 is 0 Å². The van der Waals surface area contributed by atoms with Gasteiger partial charge in [-0.3, -0.25) is 24.0 Å². The summed E-state index contributed by atoms with van der Waals surface area (Å²) in [6.45, 7) is 5.40. The van der Waals surface area contributed by atoms with Crippen molar-refractivity contribution in [1.82, 2.24) is 5.32 Å². The third kappa shape index (κ3) is 10.1. The van der Waals surface area contributed by atoms with Crippen LogP contribution in [0.15, 0.2) is 24.3 Å². The van der Waals surface area contributed by atoms with E-state index in [1.54, 1.807) is 19.2 Å². The van der Waals surface area contributed by atoms with Gasteiger partial charge in [-0.2, -0.15) is 0 Å². The number of methoxy groups -OCH3 is 2. The molecule has 4 rings (SSSR count). The lowest BCUT2D eigenvalue weighted by atomic mass is 9.94. The summed E-state index contributed by atoms with van der Waals surface area (Å²) in [5.41, 5.74) is 0.881. The van der Waals surface area contributed by atoms with Crippen molar-refractivity contribution in [3.8, 4) is 5.75 Å². The van der Waals surface area contributed by atoms with Crippen molar-refractivity contribution in [2.24, 2.45) is 0 Å². The predicted octanol–water partition coefficient (Wildman–Crippen LogP) is 0.324. The van der Waals surface area contributed by atoms with E-state index in [9.17, 15) is 24.0 Å². The quantitative estimate of drug-likeness (QED) is 0.231. The number of carbonyl (C=O) groups excluding carboxylic acids is 5. The molecule has 11 atom stereocenters. The average molecular weight is 698 g/mol. The minimum Gasteiger partial charge on any atom is -0.497 e. The minimum atomic E-state index is -1.57. The van der Waals surface area contributed by atoms with Crippen LogP contribution in [-0.2, 0) is 77.8 Å². The number of nitrogens with one attached hydrogen (secondary N) is 1. The first kappa shape index (κ1) is 37.9. The Balaban J connectivity index is 1.72. The lowest BCUT2D eigenvalue weighted by Gasteiger charge is -2.51. The number of ether oxygens (including phenoxy) is 11. The van der Waals surface area contributed by atoms with E-state index in [0.717, 1.165) is 26.3 Å². The van der Waals surface area contributed by atoms with Crippen LogP contribution in [-0.4, -0.2) is 125 Å². The molecule has 1 aromatic rings. The molecule has 3 aliphatic rings. The molecular formula is C32H43NO16. The van der Waals surface area contributed by atoms with Crippen molar-refractivity contribution in [2.45, 2.75) is 109 Å². The van der Waals surface area contributed by atoms with Gasteiger partial charge in [0.25, 0.3) is 0 Å². The molecule has 3 heterocycles. The number of carbonyl (C=O) groups is 5. The van der Waals surface area contributed by atoms with Gasteiger partial charge in [-0.1, -0.05) is 12.1 Å². The smallest absolute Gasteiger partial charge is 0.303 e. The Morgan fingerprint density at radius 3 is 1.96 bits per heavy atom. The number of amides is 1. The summed E-state index contributed by atoms with van der Waals surface area (Å²) in [7, 11) is 2.94. The summed E-state index contributed by atoms with van der Waals surface area (Å²) in [4.78, 5) is 61.1. The van der Waals surface area contributed by atoms with Gasteiger partial charge in [-0.05, 0) is 17.7 Å². The Hall–Kier alpha value is -3.87. The molecule has 3 saturated heterocycles. The molecule has 1 aromatic carbocycles. The van der Waals surface area contributed by atoms with Gasteiger partial charge in [0.15, 0.2) is 37.2 Å². The zero-order chi connectivity index (χ0) is 35.8. The second-order valence-corrected chi connectivity index (χ2v) is 11.6. The maximum absolute atomic E-state index is 12.5. The molecule has 17 heteroatoms. The van der Waals surface area contributed by atoms with Crippen LogP contribution in [0.25, 0.3) is 0 Å². The van der Waals surface area contributed by atoms with Crippen LogP contribution >= 0.6 is 0 Å². The van der Waals surface area contributed by atoms with E-state index in [1.807, 2.05) is 12.1 Å². The molecule has 49 heavy (non-hydrogen) atoms. The maximum atomic E-state index is 12.5. The van der Waals surface area contributed by atoms with Crippen molar-refractivity contribution in [1.29, 1.82) is 0 Å². The monoisotopic (exact) mass is 697 g/mol. The standard InChI is InChI=1S/C32H43NO16/c1-15(34)33-25-28(26-23(46-31(25)40-7)14-42-24(48-26)12-20-8-10-21(39-6)11-9-20)49-32-30(45-19(5)38)29(44-18(4)37)27(43-17(3)36)22(47-32)13-41-16(2)35/h8-11,22-32H,12-14H2,1-7H3,(H,33,34). The molecule has 272 valence electrons. The van der Waals surface area contributed by atoms with Crippen LogP contribution < -0.4 is 10.1 Å². The molecule has 0 saturated carbocycles. The summed E-state index contributed by atoms with van der Waals surface area (Å²) in [5.74, 6) is -2.84. The average Bonchev–Trinajstić information content (AvgIpc) is 3.03. The Bertz CT molecular complexity index is 1320. The predicted molar refractivity (Wildman–Crippen MR) is 161 cm³/mol. The van der Waals surface area contributed by atoms with Crippen LogP contribution in [0.5, 0.6) is 5.75 Å². The zero-order valence-electron chi connectivity index (χ0n) is 28.3. The van der Waals surface area contributed by atoms with Gasteiger partial charge in [0, 0.05) is 48.1 Å². The Morgan fingerprint density at radius 2 is 1.39 bits per heavy atom. The number of hydrogen-bond acceptors (Lipinski definition) is 16. The van der Waals surface area contributed by atoms with Crippen LogP contribution in [0.3, 0.4) is 0 Å². The van der Waals surface area contributed by atoms with Crippen molar-refractivity contribution in [3.05, 3.63) is 29.8 Å². The van der Waals surface area contributed by atoms with E-state index in [1.165, 1.54) is 21.0 Å². The fourth-order valence-electron chi connectivity index (χ4n) is 5.88. The van der Waals surface area contributed by atoms with Crippen LogP contribution in [0, 0.1) is 0 Å². The van der Waals surface area contributed by atoms with Gasteiger partial charge < -0.3 is 57.4 Å². The Kier molecular flexibility index (Phi) is 13.3. The molecule has 1 N–H and O–H groups in total. The van der Waals surface area contributed by atoms with Crippen LogP contribution in [0.4, 0.5) is 0 Å². The molecule has 17 nitrogen and oxygen atoms in total. The molecule has 3 aliphatic heterocycles. The Labute approximate surface area is 283 Å². The summed E-state index contributed by atoms with van der Waals surface area (Å²) >= 11 is 0. The topological polar surface area (TPSA) is 199 Å². The van der Waals surface area contributed by atoms with Gasteiger partial charge >= 0.3 is 23.9 Å².